The molecule has 0 saturated heterocycles. The maximum absolute atomic E-state index is 11.9. The third-order valence-electron chi connectivity index (χ3n) is 3.59. The summed E-state index contributed by atoms with van der Waals surface area (Å²) in [6.07, 6.45) is 5.13. The largest absolute Gasteiger partial charge is 0.394 e. The Hall–Kier alpha value is -2.70. The molecule has 128 valence electrons. The number of carbonyl (C=O) groups excluding carboxylic acids is 1. The van der Waals surface area contributed by atoms with Crippen LogP contribution in [0, 0.1) is 0 Å². The van der Waals surface area contributed by atoms with Crippen molar-refractivity contribution in [2.24, 2.45) is 0 Å². The molecule has 1 atom stereocenters. The third kappa shape index (κ3) is 4.23. The minimum Gasteiger partial charge on any atom is -0.394 e. The molecule has 5 nitrogen and oxygen atoms in total. The first-order valence-electron chi connectivity index (χ1n) is 7.96. The maximum atomic E-state index is 11.9. The quantitative estimate of drug-likeness (QED) is 0.669. The van der Waals surface area contributed by atoms with Crippen molar-refractivity contribution in [2.45, 2.75) is 13.0 Å². The number of nitrogens with one attached hydrogen (secondary N) is 1. The van der Waals surface area contributed by atoms with Crippen molar-refractivity contribution >= 4 is 23.3 Å². The number of nitrogens with zero attached hydrogens (tertiary/aromatic N) is 2. The highest BCUT2D eigenvalue weighted by Crippen LogP contribution is 2.28. The summed E-state index contributed by atoms with van der Waals surface area (Å²) < 4.78 is 1.81. The molecule has 0 aliphatic rings. The van der Waals surface area contributed by atoms with Gasteiger partial charge in [0.2, 0.25) is 5.91 Å². The molecule has 0 spiro atoms. The normalized spacial score (nSPS) is 12.4. The van der Waals surface area contributed by atoms with Crippen LogP contribution in [-0.4, -0.2) is 33.4 Å². The lowest BCUT2D eigenvalue weighted by Gasteiger charge is -2.07. The lowest BCUT2D eigenvalue weighted by atomic mass is 10.2. The van der Waals surface area contributed by atoms with E-state index < -0.39 is 0 Å². The van der Waals surface area contributed by atoms with Gasteiger partial charge >= 0.3 is 0 Å². The third-order valence-corrected chi connectivity index (χ3v) is 4.47. The van der Waals surface area contributed by atoms with E-state index in [-0.39, 0.29) is 18.6 Å². The van der Waals surface area contributed by atoms with E-state index in [1.165, 1.54) is 6.08 Å². The lowest BCUT2D eigenvalue weighted by molar-refractivity contribution is -0.117. The Kier molecular flexibility index (Phi) is 5.42. The van der Waals surface area contributed by atoms with Crippen LogP contribution in [0.2, 0.25) is 0 Å². The highest BCUT2D eigenvalue weighted by Gasteiger charge is 2.12. The van der Waals surface area contributed by atoms with Crippen molar-refractivity contribution in [2.75, 3.05) is 6.61 Å². The summed E-state index contributed by atoms with van der Waals surface area (Å²) >= 11 is 1.60. The number of rotatable bonds is 6. The van der Waals surface area contributed by atoms with Crippen molar-refractivity contribution < 1.29 is 9.90 Å². The predicted molar refractivity (Wildman–Crippen MR) is 101 cm³/mol. The zero-order valence-corrected chi connectivity index (χ0v) is 14.6. The van der Waals surface area contributed by atoms with Gasteiger partial charge in [-0.1, -0.05) is 24.3 Å². The molecule has 0 fully saturated rings. The van der Waals surface area contributed by atoms with Crippen LogP contribution in [-0.2, 0) is 4.79 Å². The Morgan fingerprint density at radius 3 is 2.80 bits per heavy atom. The fourth-order valence-corrected chi connectivity index (χ4v) is 3.06. The highest BCUT2D eigenvalue weighted by atomic mass is 32.1. The number of amides is 1. The van der Waals surface area contributed by atoms with Crippen molar-refractivity contribution in [3.63, 3.8) is 0 Å². The van der Waals surface area contributed by atoms with Gasteiger partial charge in [0.15, 0.2) is 0 Å². The molecule has 2 aromatic heterocycles. The van der Waals surface area contributed by atoms with E-state index in [0.29, 0.717) is 0 Å². The topological polar surface area (TPSA) is 67.2 Å². The average molecular weight is 353 g/mol. The highest BCUT2D eigenvalue weighted by molar-refractivity contribution is 7.13. The number of benzene rings is 1. The zero-order chi connectivity index (χ0) is 17.6. The molecular weight excluding hydrogens is 334 g/mol. The monoisotopic (exact) mass is 353 g/mol. The fraction of sp³-hybridized carbons (Fsp3) is 0.158. The van der Waals surface area contributed by atoms with Crippen LogP contribution in [0.1, 0.15) is 12.5 Å². The molecule has 1 amide bonds. The summed E-state index contributed by atoms with van der Waals surface area (Å²) in [5, 5.41) is 18.4. The lowest BCUT2D eigenvalue weighted by Crippen LogP contribution is -2.33. The molecule has 0 bridgehead atoms. The van der Waals surface area contributed by atoms with Crippen LogP contribution in [0.3, 0.4) is 0 Å². The number of aliphatic hydroxyl groups excluding tert-OH is 1. The van der Waals surface area contributed by atoms with Crippen LogP contribution >= 0.6 is 11.3 Å². The molecule has 0 aliphatic heterocycles. The SMILES string of the molecule is CC(CO)NC(=O)/C=C/c1cn(-c2ccccc2)nc1-c1cccs1. The van der Waals surface area contributed by atoms with Crippen LogP contribution < -0.4 is 5.32 Å². The summed E-state index contributed by atoms with van der Waals surface area (Å²) in [4.78, 5) is 13.0. The Morgan fingerprint density at radius 1 is 1.32 bits per heavy atom. The second-order valence-corrected chi connectivity index (χ2v) is 6.56. The van der Waals surface area contributed by atoms with Gasteiger partial charge in [0.25, 0.3) is 0 Å². The van der Waals surface area contributed by atoms with Crippen LogP contribution in [0.15, 0.2) is 60.1 Å². The van der Waals surface area contributed by atoms with Gasteiger partial charge in [0.05, 0.1) is 17.2 Å². The zero-order valence-electron chi connectivity index (χ0n) is 13.8. The maximum Gasteiger partial charge on any atom is 0.244 e. The Labute approximate surface area is 150 Å². The molecule has 1 unspecified atom stereocenters. The smallest absolute Gasteiger partial charge is 0.244 e. The van der Waals surface area contributed by atoms with Gasteiger partial charge in [-0.15, -0.1) is 11.3 Å². The number of aliphatic hydroxyl groups is 1. The summed E-state index contributed by atoms with van der Waals surface area (Å²) in [5.74, 6) is -0.244. The molecule has 0 saturated carbocycles. The predicted octanol–water partition coefficient (Wildman–Crippen LogP) is 3.11. The van der Waals surface area contributed by atoms with E-state index in [4.69, 9.17) is 5.11 Å². The van der Waals surface area contributed by atoms with Gasteiger partial charge in [0.1, 0.15) is 5.69 Å². The number of hydrogen-bond donors (Lipinski definition) is 2. The van der Waals surface area contributed by atoms with Gasteiger partial charge in [-0.3, -0.25) is 4.79 Å². The first kappa shape index (κ1) is 17.1. The number of para-hydroxylation sites is 1. The minimum absolute atomic E-state index is 0.0913. The van der Waals surface area contributed by atoms with Crippen molar-refractivity contribution in [1.82, 2.24) is 15.1 Å². The Morgan fingerprint density at radius 2 is 2.12 bits per heavy atom. The summed E-state index contributed by atoms with van der Waals surface area (Å²) in [5.41, 5.74) is 2.65. The first-order valence-corrected chi connectivity index (χ1v) is 8.83. The Balaban J connectivity index is 1.92. The molecule has 3 rings (SSSR count). The van der Waals surface area contributed by atoms with Crippen molar-refractivity contribution in [3.8, 4) is 16.3 Å². The Bertz CT molecular complexity index is 854. The molecule has 0 radical (unpaired) electrons. The van der Waals surface area contributed by atoms with Crippen molar-refractivity contribution in [1.29, 1.82) is 0 Å². The molecule has 3 aromatic rings. The van der Waals surface area contributed by atoms with Gasteiger partial charge in [-0.05, 0) is 36.6 Å². The standard InChI is InChI=1S/C19H19N3O2S/c1-14(13-23)20-18(24)10-9-15-12-22(16-6-3-2-4-7-16)21-19(15)17-8-5-11-25-17/h2-12,14,23H,13H2,1H3,(H,20,24)/b10-9+. The van der Waals surface area contributed by atoms with Crippen LogP contribution in [0.25, 0.3) is 22.3 Å². The first-order chi connectivity index (χ1) is 12.2. The molecule has 2 N–H and O–H groups in total. The van der Waals surface area contributed by atoms with Gasteiger partial charge in [0, 0.05) is 23.9 Å². The van der Waals surface area contributed by atoms with Gasteiger partial charge in [-0.25, -0.2) is 4.68 Å². The van der Waals surface area contributed by atoms with Crippen LogP contribution in [0.5, 0.6) is 0 Å². The average Bonchev–Trinajstić information content (AvgIpc) is 3.30. The van der Waals surface area contributed by atoms with Crippen LogP contribution in [0.4, 0.5) is 0 Å². The summed E-state index contributed by atoms with van der Waals surface area (Å²) in [6, 6.07) is 13.5. The molecule has 6 heteroatoms. The van der Waals surface area contributed by atoms with E-state index in [1.54, 1.807) is 24.3 Å². The van der Waals surface area contributed by atoms with E-state index in [1.807, 2.05) is 58.7 Å². The molecule has 25 heavy (non-hydrogen) atoms. The van der Waals surface area contributed by atoms with E-state index in [9.17, 15) is 4.79 Å². The van der Waals surface area contributed by atoms with E-state index in [2.05, 4.69) is 10.4 Å². The van der Waals surface area contributed by atoms with E-state index in [0.717, 1.165) is 21.8 Å². The minimum atomic E-state index is -0.277. The number of thiophene rings is 1. The van der Waals surface area contributed by atoms with Gasteiger partial charge in [-0.2, -0.15) is 5.10 Å². The fourth-order valence-electron chi connectivity index (χ4n) is 2.33. The molecule has 0 aliphatic carbocycles. The second-order valence-electron chi connectivity index (χ2n) is 5.62. The summed E-state index contributed by atoms with van der Waals surface area (Å²) in [6.45, 7) is 1.65. The molecule has 1 aromatic carbocycles. The number of hydrogen-bond acceptors (Lipinski definition) is 4. The number of carbonyl (C=O) groups is 1. The van der Waals surface area contributed by atoms with Gasteiger partial charge < -0.3 is 10.4 Å². The summed E-state index contributed by atoms with van der Waals surface area (Å²) in [7, 11) is 0. The number of aromatic nitrogens is 2. The van der Waals surface area contributed by atoms with E-state index >= 15 is 0 Å². The molecule has 2 heterocycles. The van der Waals surface area contributed by atoms with Crippen molar-refractivity contribution in [3.05, 3.63) is 65.7 Å². The second kappa shape index (κ2) is 7.92. The molecular formula is C19H19N3O2S.